The van der Waals surface area contributed by atoms with E-state index in [9.17, 15) is 4.79 Å². The van der Waals surface area contributed by atoms with Crippen LogP contribution < -0.4 is 5.32 Å². The Kier molecular flexibility index (Phi) is 5.59. The lowest BCUT2D eigenvalue weighted by atomic mass is 10.2. The highest BCUT2D eigenvalue weighted by atomic mass is 79.9. The number of carbonyl (C=O) groups is 1. The van der Waals surface area contributed by atoms with E-state index in [2.05, 4.69) is 21.2 Å². The van der Waals surface area contributed by atoms with Gasteiger partial charge < -0.3 is 5.32 Å². The smallest absolute Gasteiger partial charge is 0.253 e. The van der Waals surface area contributed by atoms with Gasteiger partial charge in [-0.25, -0.2) is 0 Å². The third kappa shape index (κ3) is 3.65. The first kappa shape index (κ1) is 13.8. The zero-order valence-electron chi connectivity index (χ0n) is 8.77. The van der Waals surface area contributed by atoms with Crippen LogP contribution in [0.5, 0.6) is 0 Å². The molecule has 0 fully saturated rings. The van der Waals surface area contributed by atoms with Gasteiger partial charge in [-0.2, -0.15) is 0 Å². The number of halogens is 3. The number of nitrogens with one attached hydrogen (secondary N) is 1. The van der Waals surface area contributed by atoms with E-state index in [1.54, 1.807) is 18.2 Å². The van der Waals surface area contributed by atoms with Crippen LogP contribution >= 0.6 is 39.1 Å². The van der Waals surface area contributed by atoms with Crippen molar-refractivity contribution in [3.63, 3.8) is 0 Å². The Morgan fingerprint density at radius 1 is 1.56 bits per heavy atom. The fourth-order valence-electron chi connectivity index (χ4n) is 1.18. The maximum Gasteiger partial charge on any atom is 0.253 e. The topological polar surface area (TPSA) is 29.1 Å². The van der Waals surface area contributed by atoms with Gasteiger partial charge in [-0.05, 0) is 24.6 Å². The lowest BCUT2D eigenvalue weighted by Gasteiger charge is -2.14. The molecule has 1 unspecified atom stereocenters. The molecule has 88 valence electrons. The number of amides is 1. The first-order valence-electron chi connectivity index (χ1n) is 4.90. The molecule has 0 radical (unpaired) electrons. The zero-order chi connectivity index (χ0) is 12.1. The maximum absolute atomic E-state index is 11.9. The molecule has 0 aliphatic heterocycles. The molecule has 1 amide bonds. The molecule has 2 nitrogen and oxygen atoms in total. The fraction of sp³-hybridized carbons (Fsp3) is 0.364. The Hall–Kier alpha value is -0.250. The summed E-state index contributed by atoms with van der Waals surface area (Å²) in [5.74, 6) is 0.201. The monoisotopic (exact) mass is 323 g/mol. The van der Waals surface area contributed by atoms with E-state index in [0.717, 1.165) is 10.9 Å². The highest BCUT2D eigenvalue weighted by Gasteiger charge is 2.14. The van der Waals surface area contributed by atoms with Crippen LogP contribution in [-0.4, -0.2) is 17.8 Å². The second kappa shape index (κ2) is 6.48. The molecule has 1 rings (SSSR count). The summed E-state index contributed by atoms with van der Waals surface area (Å²) < 4.78 is 0.820. The molecule has 0 spiro atoms. The van der Waals surface area contributed by atoms with Crippen molar-refractivity contribution in [3.05, 3.63) is 33.3 Å². The van der Waals surface area contributed by atoms with Crippen LogP contribution in [0.3, 0.4) is 0 Å². The summed E-state index contributed by atoms with van der Waals surface area (Å²) in [6.07, 6.45) is 0.793. The van der Waals surface area contributed by atoms with E-state index in [1.165, 1.54) is 0 Å². The Morgan fingerprint density at radius 2 is 2.25 bits per heavy atom. The van der Waals surface area contributed by atoms with Crippen molar-refractivity contribution in [2.75, 3.05) is 5.88 Å². The number of hydrogen-bond acceptors (Lipinski definition) is 1. The van der Waals surface area contributed by atoms with Gasteiger partial charge in [-0.15, -0.1) is 11.6 Å². The second-order valence-electron chi connectivity index (χ2n) is 3.36. The minimum atomic E-state index is -0.196. The largest absolute Gasteiger partial charge is 0.348 e. The predicted octanol–water partition coefficient (Wildman–Crippen LogP) is 3.85. The molecule has 1 N–H and O–H groups in total. The van der Waals surface area contributed by atoms with Gasteiger partial charge in [0.2, 0.25) is 0 Å². The van der Waals surface area contributed by atoms with Crippen molar-refractivity contribution < 1.29 is 4.79 Å². The van der Waals surface area contributed by atoms with Gasteiger partial charge in [0.25, 0.3) is 5.91 Å². The Labute approximate surface area is 113 Å². The summed E-state index contributed by atoms with van der Waals surface area (Å²) in [5.41, 5.74) is 0.458. The quantitative estimate of drug-likeness (QED) is 0.837. The molecule has 1 atom stereocenters. The van der Waals surface area contributed by atoms with Crippen LogP contribution in [0, 0.1) is 0 Å². The van der Waals surface area contributed by atoms with Gasteiger partial charge in [0.15, 0.2) is 0 Å². The van der Waals surface area contributed by atoms with Crippen LogP contribution in [0.15, 0.2) is 22.7 Å². The minimum absolute atomic E-state index is 0.0239. The normalized spacial score (nSPS) is 12.2. The molecule has 0 aromatic heterocycles. The predicted molar refractivity (Wildman–Crippen MR) is 71.4 cm³/mol. The summed E-state index contributed by atoms with van der Waals surface area (Å²) in [7, 11) is 0. The molecule has 0 saturated carbocycles. The molecule has 0 aliphatic carbocycles. The van der Waals surface area contributed by atoms with Crippen molar-refractivity contribution in [1.82, 2.24) is 5.32 Å². The lowest BCUT2D eigenvalue weighted by Crippen LogP contribution is -2.35. The van der Waals surface area contributed by atoms with Crippen molar-refractivity contribution in [3.8, 4) is 0 Å². The summed E-state index contributed by atoms with van der Waals surface area (Å²) >= 11 is 15.0. The van der Waals surface area contributed by atoms with Crippen LogP contribution in [0.1, 0.15) is 23.7 Å². The first-order valence-corrected chi connectivity index (χ1v) is 6.61. The van der Waals surface area contributed by atoms with Crippen molar-refractivity contribution in [2.24, 2.45) is 0 Å². The molecule has 0 bridgehead atoms. The lowest BCUT2D eigenvalue weighted by molar-refractivity contribution is 0.0940. The van der Waals surface area contributed by atoms with Gasteiger partial charge in [0, 0.05) is 16.4 Å². The van der Waals surface area contributed by atoms with E-state index in [4.69, 9.17) is 23.2 Å². The van der Waals surface area contributed by atoms with Gasteiger partial charge in [-0.1, -0.05) is 34.5 Å². The van der Waals surface area contributed by atoms with E-state index >= 15 is 0 Å². The molecule has 1 aromatic carbocycles. The Morgan fingerprint density at radius 3 is 2.81 bits per heavy atom. The summed E-state index contributed by atoms with van der Waals surface area (Å²) in [5, 5.41) is 3.26. The number of hydrogen-bond donors (Lipinski definition) is 1. The average molecular weight is 325 g/mol. The van der Waals surface area contributed by atoms with E-state index in [0.29, 0.717) is 16.5 Å². The third-order valence-corrected chi connectivity index (χ3v) is 3.38. The highest BCUT2D eigenvalue weighted by Crippen LogP contribution is 2.21. The highest BCUT2D eigenvalue weighted by molar-refractivity contribution is 9.10. The van der Waals surface area contributed by atoms with E-state index in [1.807, 2.05) is 6.92 Å². The summed E-state index contributed by atoms with van der Waals surface area (Å²) in [6, 6.07) is 5.14. The van der Waals surface area contributed by atoms with Gasteiger partial charge >= 0.3 is 0 Å². The third-order valence-electron chi connectivity index (χ3n) is 2.19. The fourth-order valence-corrected chi connectivity index (χ4v) is 2.04. The van der Waals surface area contributed by atoms with Crippen molar-refractivity contribution in [1.29, 1.82) is 0 Å². The molecule has 5 heteroatoms. The number of alkyl halides is 1. The van der Waals surface area contributed by atoms with Gasteiger partial charge in [-0.3, -0.25) is 4.79 Å². The molecule has 0 aliphatic rings. The van der Waals surface area contributed by atoms with E-state index < -0.39 is 0 Å². The molecular weight excluding hydrogens is 313 g/mol. The van der Waals surface area contributed by atoms with Gasteiger partial charge in [0.05, 0.1) is 10.6 Å². The zero-order valence-corrected chi connectivity index (χ0v) is 11.9. The number of benzene rings is 1. The minimum Gasteiger partial charge on any atom is -0.348 e. The van der Waals surface area contributed by atoms with Crippen LogP contribution in [0.4, 0.5) is 0 Å². The molecule has 1 aromatic rings. The number of carbonyl (C=O) groups excluding carboxylic acids is 1. The Balaban J connectivity index is 2.83. The van der Waals surface area contributed by atoms with Crippen molar-refractivity contribution >= 4 is 45.0 Å². The van der Waals surface area contributed by atoms with Crippen molar-refractivity contribution in [2.45, 2.75) is 19.4 Å². The molecule has 0 heterocycles. The summed E-state index contributed by atoms with van der Waals surface area (Å²) in [4.78, 5) is 11.9. The first-order chi connectivity index (χ1) is 7.58. The molecule has 0 saturated heterocycles. The number of rotatable bonds is 4. The van der Waals surface area contributed by atoms with Crippen LogP contribution in [-0.2, 0) is 0 Å². The summed E-state index contributed by atoms with van der Waals surface area (Å²) in [6.45, 7) is 1.97. The van der Waals surface area contributed by atoms with Gasteiger partial charge in [0.1, 0.15) is 0 Å². The standard InChI is InChI=1S/C11H12BrCl2NO/c1-2-8(6-13)15-11(16)9-5-7(12)3-4-10(9)14/h3-5,8H,2,6H2,1H3,(H,15,16). The van der Waals surface area contributed by atoms with Crippen LogP contribution in [0.2, 0.25) is 5.02 Å². The molecule has 16 heavy (non-hydrogen) atoms. The maximum atomic E-state index is 11.9. The SMILES string of the molecule is CCC(CCl)NC(=O)c1cc(Br)ccc1Cl. The van der Waals surface area contributed by atoms with E-state index in [-0.39, 0.29) is 11.9 Å². The second-order valence-corrected chi connectivity index (χ2v) is 4.99. The molecular formula is C11H12BrCl2NO. The van der Waals surface area contributed by atoms with Crippen LogP contribution in [0.25, 0.3) is 0 Å². The Bertz CT molecular complexity index is 380. The average Bonchev–Trinajstić information content (AvgIpc) is 2.28.